The molecule has 0 radical (unpaired) electrons. The van der Waals surface area contributed by atoms with E-state index in [2.05, 4.69) is 5.32 Å². The van der Waals surface area contributed by atoms with E-state index in [0.717, 1.165) is 30.1 Å². The molecule has 0 spiro atoms. The molecule has 0 bridgehead atoms. The molecular weight excluding hydrogens is 440 g/mol. The predicted octanol–water partition coefficient (Wildman–Crippen LogP) is 4.24. The molecule has 2 aromatic rings. The number of hydrogen-bond donors (Lipinski definition) is 1. The molecular formula is C25H30N2O5S. The third-order valence-corrected chi connectivity index (χ3v) is 6.54. The number of anilines is 1. The minimum Gasteiger partial charge on any atom is -0.452 e. The maximum Gasteiger partial charge on any atom is 0.339 e. The van der Waals surface area contributed by atoms with Gasteiger partial charge in [-0.15, -0.1) is 11.8 Å². The van der Waals surface area contributed by atoms with E-state index in [-0.39, 0.29) is 12.0 Å². The zero-order valence-electron chi connectivity index (χ0n) is 19.0. The van der Waals surface area contributed by atoms with E-state index in [1.165, 1.54) is 0 Å². The minimum absolute atomic E-state index is 0.0976. The van der Waals surface area contributed by atoms with E-state index in [9.17, 15) is 14.4 Å². The molecule has 0 aliphatic carbocycles. The van der Waals surface area contributed by atoms with Crippen molar-refractivity contribution in [2.75, 3.05) is 37.4 Å². The maximum atomic E-state index is 12.6. The Morgan fingerprint density at radius 2 is 1.91 bits per heavy atom. The number of nitrogens with zero attached hydrogens (tertiary/aromatic N) is 1. The van der Waals surface area contributed by atoms with Crippen LogP contribution in [0.5, 0.6) is 0 Å². The van der Waals surface area contributed by atoms with Crippen molar-refractivity contribution in [3.63, 3.8) is 0 Å². The Bertz CT molecular complexity index is 971. The van der Waals surface area contributed by atoms with E-state index in [0.29, 0.717) is 29.9 Å². The number of hydrogen-bond acceptors (Lipinski definition) is 6. The lowest BCUT2D eigenvalue weighted by molar-refractivity contribution is -0.119. The van der Waals surface area contributed by atoms with E-state index >= 15 is 0 Å². The smallest absolute Gasteiger partial charge is 0.339 e. The van der Waals surface area contributed by atoms with E-state index < -0.39 is 18.5 Å². The summed E-state index contributed by atoms with van der Waals surface area (Å²) in [6.07, 6.45) is 2.30. The summed E-state index contributed by atoms with van der Waals surface area (Å²) in [7, 11) is 0. The Labute approximate surface area is 198 Å². The summed E-state index contributed by atoms with van der Waals surface area (Å²) >= 11 is 1.56. The molecule has 1 N–H and O–H groups in total. The second-order valence-corrected chi connectivity index (χ2v) is 8.69. The van der Waals surface area contributed by atoms with Crippen molar-refractivity contribution in [3.8, 4) is 0 Å². The molecule has 1 aliphatic heterocycles. The fraction of sp³-hybridized carbons (Fsp3) is 0.400. The third-order valence-electron chi connectivity index (χ3n) is 5.33. The summed E-state index contributed by atoms with van der Waals surface area (Å²) in [6.45, 7) is 5.42. The van der Waals surface area contributed by atoms with Gasteiger partial charge in [0.05, 0.1) is 11.7 Å². The first kappa shape index (κ1) is 24.8. The van der Waals surface area contributed by atoms with Gasteiger partial charge in [0.1, 0.15) is 0 Å². The van der Waals surface area contributed by atoms with Gasteiger partial charge in [-0.3, -0.25) is 9.59 Å². The molecule has 0 aromatic heterocycles. The maximum absolute atomic E-state index is 12.6. The highest BCUT2D eigenvalue weighted by Gasteiger charge is 2.19. The molecule has 8 heteroatoms. The molecule has 3 rings (SSSR count). The molecule has 2 amide bonds. The highest BCUT2D eigenvalue weighted by atomic mass is 32.2. The van der Waals surface area contributed by atoms with Gasteiger partial charge in [0, 0.05) is 41.6 Å². The number of esters is 1. The van der Waals surface area contributed by atoms with Crippen LogP contribution in [0.4, 0.5) is 5.69 Å². The lowest BCUT2D eigenvalue weighted by atomic mass is 10.1. The van der Waals surface area contributed by atoms with Gasteiger partial charge in [0.15, 0.2) is 6.61 Å². The Morgan fingerprint density at radius 1 is 1.12 bits per heavy atom. The van der Waals surface area contributed by atoms with Gasteiger partial charge < -0.3 is 19.7 Å². The molecule has 1 unspecified atom stereocenters. The number of benzene rings is 2. The van der Waals surface area contributed by atoms with Gasteiger partial charge in [-0.05, 0) is 57.0 Å². The lowest BCUT2D eigenvalue weighted by Crippen LogP contribution is -2.30. The summed E-state index contributed by atoms with van der Waals surface area (Å²) in [4.78, 5) is 40.0. The summed E-state index contributed by atoms with van der Waals surface area (Å²) in [5, 5.41) is 2.69. The van der Waals surface area contributed by atoms with Crippen LogP contribution in [0.1, 0.15) is 47.4 Å². The predicted molar refractivity (Wildman–Crippen MR) is 129 cm³/mol. The molecule has 176 valence electrons. The molecule has 1 fully saturated rings. The molecule has 1 saturated heterocycles. The van der Waals surface area contributed by atoms with Crippen LogP contribution in [-0.2, 0) is 14.3 Å². The zero-order chi connectivity index (χ0) is 23.6. The van der Waals surface area contributed by atoms with Gasteiger partial charge in [-0.2, -0.15) is 0 Å². The number of carbonyl (C=O) groups excluding carboxylic acids is 3. The first-order valence-electron chi connectivity index (χ1n) is 11.2. The second kappa shape index (κ2) is 12.4. The monoisotopic (exact) mass is 470 g/mol. The normalized spacial score (nSPS) is 15.2. The van der Waals surface area contributed by atoms with E-state index in [4.69, 9.17) is 9.47 Å². The van der Waals surface area contributed by atoms with Crippen molar-refractivity contribution < 1.29 is 23.9 Å². The van der Waals surface area contributed by atoms with Crippen LogP contribution >= 0.6 is 11.8 Å². The van der Waals surface area contributed by atoms with Gasteiger partial charge >= 0.3 is 5.97 Å². The van der Waals surface area contributed by atoms with Crippen molar-refractivity contribution in [1.82, 2.24) is 4.90 Å². The highest BCUT2D eigenvalue weighted by Crippen LogP contribution is 2.27. The first-order chi connectivity index (χ1) is 16.0. The fourth-order valence-electron chi connectivity index (χ4n) is 3.55. The summed E-state index contributed by atoms with van der Waals surface area (Å²) in [6, 6.07) is 13.9. The Balaban J connectivity index is 1.54. The van der Waals surface area contributed by atoms with Crippen molar-refractivity contribution in [2.24, 2.45) is 0 Å². The van der Waals surface area contributed by atoms with Gasteiger partial charge in [-0.1, -0.05) is 18.2 Å². The van der Waals surface area contributed by atoms with Crippen LogP contribution < -0.4 is 5.32 Å². The first-order valence-corrected chi connectivity index (χ1v) is 12.2. The van der Waals surface area contributed by atoms with E-state index in [1.54, 1.807) is 53.1 Å². The molecule has 1 atom stereocenters. The molecule has 7 nitrogen and oxygen atoms in total. The number of nitrogens with one attached hydrogen (secondary N) is 1. The van der Waals surface area contributed by atoms with Crippen LogP contribution in [0.3, 0.4) is 0 Å². The van der Waals surface area contributed by atoms with Crippen LogP contribution in [0, 0.1) is 0 Å². The Kier molecular flexibility index (Phi) is 9.33. The van der Waals surface area contributed by atoms with Gasteiger partial charge in [-0.25, -0.2) is 4.79 Å². The molecule has 1 heterocycles. The number of thioether (sulfide) groups is 1. The standard InChI is InChI=1S/C25H30N2O5S/c1-3-27(4-2)24(29)18-9-7-10-19(15-18)26-23(28)16-32-25(30)21-12-5-6-13-22(21)33-17-20-11-8-14-31-20/h5-7,9-10,12-13,15,20H,3-4,8,11,14,16-17H2,1-2H3,(H,26,28). The molecule has 33 heavy (non-hydrogen) atoms. The van der Waals surface area contributed by atoms with Gasteiger partial charge in [0.25, 0.3) is 11.8 Å². The molecule has 2 aromatic carbocycles. The summed E-state index contributed by atoms with van der Waals surface area (Å²) in [5.74, 6) is -0.348. The number of rotatable bonds is 10. The van der Waals surface area contributed by atoms with Crippen LogP contribution in [0.25, 0.3) is 0 Å². The summed E-state index contributed by atoms with van der Waals surface area (Å²) in [5.41, 5.74) is 1.40. The second-order valence-electron chi connectivity index (χ2n) is 7.62. The minimum atomic E-state index is -0.550. The lowest BCUT2D eigenvalue weighted by Gasteiger charge is -2.19. The summed E-state index contributed by atoms with van der Waals surface area (Å²) < 4.78 is 10.9. The Hall–Kier alpha value is -2.84. The molecule has 0 saturated carbocycles. The quantitative estimate of drug-likeness (QED) is 0.413. The van der Waals surface area contributed by atoms with Crippen LogP contribution in [0.15, 0.2) is 53.4 Å². The zero-order valence-corrected chi connectivity index (χ0v) is 19.9. The SMILES string of the molecule is CCN(CC)C(=O)c1cccc(NC(=O)COC(=O)c2ccccc2SCC2CCCO2)c1. The highest BCUT2D eigenvalue weighted by molar-refractivity contribution is 7.99. The van der Waals surface area contributed by atoms with Crippen LogP contribution in [-0.4, -0.2) is 60.8 Å². The largest absolute Gasteiger partial charge is 0.452 e. The third kappa shape index (κ3) is 7.07. The number of amides is 2. The van der Waals surface area contributed by atoms with E-state index in [1.807, 2.05) is 26.0 Å². The van der Waals surface area contributed by atoms with Gasteiger partial charge in [0.2, 0.25) is 0 Å². The fourth-order valence-corrected chi connectivity index (χ4v) is 4.66. The van der Waals surface area contributed by atoms with Crippen molar-refractivity contribution in [2.45, 2.75) is 37.7 Å². The molecule has 1 aliphatic rings. The Morgan fingerprint density at radius 3 is 2.64 bits per heavy atom. The average Bonchev–Trinajstić information content (AvgIpc) is 3.36. The topological polar surface area (TPSA) is 84.9 Å². The average molecular weight is 471 g/mol. The number of ether oxygens (including phenoxy) is 2. The van der Waals surface area contributed by atoms with Crippen molar-refractivity contribution in [1.29, 1.82) is 0 Å². The van der Waals surface area contributed by atoms with Crippen molar-refractivity contribution in [3.05, 3.63) is 59.7 Å². The van der Waals surface area contributed by atoms with Crippen molar-refractivity contribution >= 4 is 35.2 Å². The van der Waals surface area contributed by atoms with Crippen LogP contribution in [0.2, 0.25) is 0 Å². The number of carbonyl (C=O) groups is 3.